The molecule has 1 heterocycles. The summed E-state index contributed by atoms with van der Waals surface area (Å²) in [6, 6.07) is 0. The number of ether oxygens (including phenoxy) is 3. The molecule has 0 saturated carbocycles. The molecule has 0 N–H and O–H groups in total. The highest BCUT2D eigenvalue weighted by Crippen LogP contribution is 2.15. The van der Waals surface area contributed by atoms with Gasteiger partial charge in [0.2, 0.25) is 0 Å². The maximum absolute atomic E-state index is 5.83. The molecule has 19 heavy (non-hydrogen) atoms. The zero-order valence-corrected chi connectivity index (χ0v) is 12.3. The molecule has 3 heteroatoms. The molecule has 110 valence electrons. The van der Waals surface area contributed by atoms with Gasteiger partial charge in [-0.25, -0.2) is 0 Å². The second kappa shape index (κ2) is 10.2. The van der Waals surface area contributed by atoms with Crippen LogP contribution in [0.1, 0.15) is 33.1 Å². The summed E-state index contributed by atoms with van der Waals surface area (Å²) in [5, 5.41) is 0. The van der Waals surface area contributed by atoms with Crippen molar-refractivity contribution in [1.29, 1.82) is 0 Å². The van der Waals surface area contributed by atoms with Gasteiger partial charge in [0.25, 0.3) is 0 Å². The molecule has 1 rings (SSSR count). The Morgan fingerprint density at radius 3 is 2.74 bits per heavy atom. The summed E-state index contributed by atoms with van der Waals surface area (Å²) in [7, 11) is 0. The van der Waals surface area contributed by atoms with E-state index in [0.717, 1.165) is 19.4 Å². The van der Waals surface area contributed by atoms with Crippen molar-refractivity contribution in [2.45, 2.75) is 39.4 Å². The molecule has 0 aromatic heterocycles. The third-order valence-electron chi connectivity index (χ3n) is 2.97. The Bertz CT molecular complexity index is 255. The monoisotopic (exact) mass is 268 g/mol. The van der Waals surface area contributed by atoms with Crippen LogP contribution in [0.2, 0.25) is 0 Å². The Kier molecular flexibility index (Phi) is 8.80. The quantitative estimate of drug-likeness (QED) is 0.473. The summed E-state index contributed by atoms with van der Waals surface area (Å²) in [4.78, 5) is 0. The van der Waals surface area contributed by atoms with Crippen molar-refractivity contribution in [3.63, 3.8) is 0 Å². The minimum atomic E-state index is -0.0249. The lowest BCUT2D eigenvalue weighted by Crippen LogP contribution is -2.26. The van der Waals surface area contributed by atoms with E-state index in [1.165, 1.54) is 6.42 Å². The first-order valence-electron chi connectivity index (χ1n) is 7.32. The van der Waals surface area contributed by atoms with Crippen LogP contribution in [0.3, 0.4) is 0 Å². The van der Waals surface area contributed by atoms with Gasteiger partial charge in [-0.05, 0) is 25.2 Å². The van der Waals surface area contributed by atoms with Crippen molar-refractivity contribution in [3.8, 4) is 0 Å². The van der Waals surface area contributed by atoms with Crippen molar-refractivity contribution in [3.05, 3.63) is 24.8 Å². The first-order valence-corrected chi connectivity index (χ1v) is 7.32. The number of hydrogen-bond donors (Lipinski definition) is 0. The Balaban J connectivity index is 2.31. The average Bonchev–Trinajstić information content (AvgIpc) is 2.42. The second-order valence-corrected chi connectivity index (χ2v) is 5.34. The van der Waals surface area contributed by atoms with E-state index in [0.29, 0.717) is 25.7 Å². The summed E-state index contributed by atoms with van der Waals surface area (Å²) < 4.78 is 16.9. The van der Waals surface area contributed by atoms with Gasteiger partial charge in [0, 0.05) is 12.5 Å². The highest BCUT2D eigenvalue weighted by molar-refractivity contribution is 4.90. The van der Waals surface area contributed by atoms with E-state index in [1.807, 2.05) is 0 Å². The van der Waals surface area contributed by atoms with Gasteiger partial charge >= 0.3 is 0 Å². The number of hydrogen-bond acceptors (Lipinski definition) is 3. The molecule has 1 aliphatic rings. The van der Waals surface area contributed by atoms with Crippen LogP contribution in [-0.4, -0.2) is 32.7 Å². The molecule has 0 aliphatic carbocycles. The molecule has 2 atom stereocenters. The van der Waals surface area contributed by atoms with Crippen molar-refractivity contribution < 1.29 is 14.2 Å². The molecule has 0 aromatic rings. The summed E-state index contributed by atoms with van der Waals surface area (Å²) in [5.74, 6) is 0.834. The van der Waals surface area contributed by atoms with Crippen molar-refractivity contribution in [2.75, 3.05) is 26.4 Å². The minimum Gasteiger partial charge on any atom is -0.377 e. The summed E-state index contributed by atoms with van der Waals surface area (Å²) >= 11 is 0. The fourth-order valence-electron chi connectivity index (χ4n) is 1.91. The maximum atomic E-state index is 5.83. The molecule has 0 aromatic carbocycles. The van der Waals surface area contributed by atoms with Crippen LogP contribution in [0.4, 0.5) is 0 Å². The molecule has 1 saturated heterocycles. The van der Waals surface area contributed by atoms with Gasteiger partial charge in [-0.15, -0.1) is 6.58 Å². The van der Waals surface area contributed by atoms with Gasteiger partial charge in [-0.2, -0.15) is 0 Å². The molecule has 0 amide bonds. The third kappa shape index (κ3) is 8.19. The van der Waals surface area contributed by atoms with Crippen LogP contribution in [0, 0.1) is 11.8 Å². The lowest BCUT2D eigenvalue weighted by atomic mass is 10.1. The van der Waals surface area contributed by atoms with Gasteiger partial charge in [0.1, 0.15) is 0 Å². The van der Waals surface area contributed by atoms with Crippen LogP contribution in [0.15, 0.2) is 24.8 Å². The zero-order chi connectivity index (χ0) is 13.9. The first kappa shape index (κ1) is 16.4. The summed E-state index contributed by atoms with van der Waals surface area (Å²) in [6.45, 7) is 10.7. The predicted molar refractivity (Wildman–Crippen MR) is 78.0 cm³/mol. The molecule has 0 spiro atoms. The second-order valence-electron chi connectivity index (χ2n) is 5.34. The maximum Gasteiger partial charge on any atom is 0.157 e. The molecular weight excluding hydrogens is 240 g/mol. The third-order valence-corrected chi connectivity index (χ3v) is 2.97. The minimum absolute atomic E-state index is 0.0249. The van der Waals surface area contributed by atoms with Crippen LogP contribution < -0.4 is 0 Å². The Morgan fingerprint density at radius 2 is 2.11 bits per heavy atom. The SMILES string of the molecule is C=CCOC[C@@H](/C=C/C(C)C)COC1CCCCO1. The van der Waals surface area contributed by atoms with E-state index in [1.54, 1.807) is 6.08 Å². The highest BCUT2D eigenvalue weighted by Gasteiger charge is 2.16. The van der Waals surface area contributed by atoms with Crippen molar-refractivity contribution >= 4 is 0 Å². The van der Waals surface area contributed by atoms with E-state index in [4.69, 9.17) is 14.2 Å². The summed E-state index contributed by atoms with van der Waals surface area (Å²) in [6.07, 6.45) is 9.50. The van der Waals surface area contributed by atoms with E-state index < -0.39 is 0 Å². The summed E-state index contributed by atoms with van der Waals surface area (Å²) in [5.41, 5.74) is 0. The smallest absolute Gasteiger partial charge is 0.157 e. The van der Waals surface area contributed by atoms with E-state index >= 15 is 0 Å². The van der Waals surface area contributed by atoms with Crippen LogP contribution in [0.25, 0.3) is 0 Å². The largest absolute Gasteiger partial charge is 0.377 e. The van der Waals surface area contributed by atoms with Gasteiger partial charge in [0.15, 0.2) is 6.29 Å². The lowest BCUT2D eigenvalue weighted by Gasteiger charge is -2.24. The van der Waals surface area contributed by atoms with Gasteiger partial charge in [-0.3, -0.25) is 0 Å². The topological polar surface area (TPSA) is 27.7 Å². The number of allylic oxidation sites excluding steroid dienone is 1. The Morgan fingerprint density at radius 1 is 1.26 bits per heavy atom. The van der Waals surface area contributed by atoms with Crippen molar-refractivity contribution in [2.24, 2.45) is 11.8 Å². The van der Waals surface area contributed by atoms with E-state index in [-0.39, 0.29) is 12.2 Å². The predicted octanol–water partition coefficient (Wildman–Crippen LogP) is 3.56. The van der Waals surface area contributed by atoms with Crippen molar-refractivity contribution in [1.82, 2.24) is 0 Å². The molecule has 0 bridgehead atoms. The van der Waals surface area contributed by atoms with Crippen LogP contribution in [0.5, 0.6) is 0 Å². The fraction of sp³-hybridized carbons (Fsp3) is 0.750. The Hall–Kier alpha value is -0.640. The molecule has 3 nitrogen and oxygen atoms in total. The molecule has 1 fully saturated rings. The van der Waals surface area contributed by atoms with Gasteiger partial charge in [-0.1, -0.05) is 32.1 Å². The number of rotatable bonds is 9. The average molecular weight is 268 g/mol. The molecule has 1 unspecified atom stereocenters. The zero-order valence-electron chi connectivity index (χ0n) is 12.3. The van der Waals surface area contributed by atoms with Crippen LogP contribution in [-0.2, 0) is 14.2 Å². The molecular formula is C16H28O3. The Labute approximate surface area is 117 Å². The first-order chi connectivity index (χ1) is 9.22. The van der Waals surface area contributed by atoms with E-state index in [2.05, 4.69) is 32.6 Å². The highest BCUT2D eigenvalue weighted by atomic mass is 16.7. The molecule has 1 aliphatic heterocycles. The lowest BCUT2D eigenvalue weighted by molar-refractivity contribution is -0.168. The van der Waals surface area contributed by atoms with Gasteiger partial charge < -0.3 is 14.2 Å². The van der Waals surface area contributed by atoms with Gasteiger partial charge in [0.05, 0.1) is 19.8 Å². The normalized spacial score (nSPS) is 21.9. The molecule has 0 radical (unpaired) electrons. The van der Waals surface area contributed by atoms with Crippen LogP contribution >= 0.6 is 0 Å². The van der Waals surface area contributed by atoms with E-state index in [9.17, 15) is 0 Å². The standard InChI is InChI=1S/C16H28O3/c1-4-10-17-12-15(9-8-14(2)3)13-19-16-7-5-6-11-18-16/h4,8-9,14-16H,1,5-7,10-13H2,2-3H3/b9-8+/t15-,16?/m1/s1. The fourth-order valence-corrected chi connectivity index (χ4v) is 1.91.